The van der Waals surface area contributed by atoms with Gasteiger partial charge in [0.2, 0.25) is 11.7 Å². The van der Waals surface area contributed by atoms with Gasteiger partial charge in [-0.05, 0) is 48.9 Å². The summed E-state index contributed by atoms with van der Waals surface area (Å²) in [6, 6.07) is 10.1. The van der Waals surface area contributed by atoms with E-state index in [2.05, 4.69) is 26.8 Å². The molecule has 0 saturated heterocycles. The summed E-state index contributed by atoms with van der Waals surface area (Å²) < 4.78 is 46.0. The Hall–Kier alpha value is -4.40. The molecular formula is C22H18F3N7O2. The molecule has 1 amide bonds. The molecule has 0 bridgehead atoms. The van der Waals surface area contributed by atoms with Crippen LogP contribution >= 0.6 is 0 Å². The Morgan fingerprint density at radius 3 is 2.71 bits per heavy atom. The maximum atomic E-state index is 13.0. The molecule has 1 N–H and O–H groups in total. The number of furan rings is 1. The highest BCUT2D eigenvalue weighted by molar-refractivity contribution is 5.91. The molecule has 0 spiro atoms. The molecule has 0 radical (unpaired) electrons. The fourth-order valence-corrected chi connectivity index (χ4v) is 3.45. The number of nitriles is 1. The van der Waals surface area contributed by atoms with E-state index in [1.54, 1.807) is 23.6 Å². The zero-order valence-electron chi connectivity index (χ0n) is 18.1. The molecule has 0 fully saturated rings. The molecule has 9 nitrogen and oxygen atoms in total. The van der Waals surface area contributed by atoms with Crippen molar-refractivity contribution in [3.05, 3.63) is 70.8 Å². The predicted octanol–water partition coefficient (Wildman–Crippen LogP) is 3.93. The Morgan fingerprint density at radius 2 is 2.03 bits per heavy atom. The van der Waals surface area contributed by atoms with Gasteiger partial charge in [-0.15, -0.1) is 10.2 Å². The number of tetrazole rings is 1. The molecule has 34 heavy (non-hydrogen) atoms. The Morgan fingerprint density at radius 1 is 1.24 bits per heavy atom. The number of hydrogen-bond acceptors (Lipinski definition) is 6. The summed E-state index contributed by atoms with van der Waals surface area (Å²) in [6.45, 7) is 3.55. The first-order valence-corrected chi connectivity index (χ1v) is 10.0. The van der Waals surface area contributed by atoms with Gasteiger partial charge in [-0.25, -0.2) is 0 Å². The largest absolute Gasteiger partial charge is 0.467 e. The number of nitrogens with zero attached hydrogens (tertiary/aromatic N) is 6. The smallest absolute Gasteiger partial charge is 0.416 e. The second kappa shape index (κ2) is 8.86. The van der Waals surface area contributed by atoms with Crippen LogP contribution in [0, 0.1) is 25.2 Å². The van der Waals surface area contributed by atoms with E-state index in [1.165, 1.54) is 18.4 Å². The summed E-state index contributed by atoms with van der Waals surface area (Å²) in [5, 5.41) is 23.9. The number of rotatable bonds is 6. The average Bonchev–Trinajstić information content (AvgIpc) is 3.52. The van der Waals surface area contributed by atoms with E-state index in [0.29, 0.717) is 23.7 Å². The maximum Gasteiger partial charge on any atom is 0.416 e. The quantitative estimate of drug-likeness (QED) is 0.458. The lowest BCUT2D eigenvalue weighted by Gasteiger charge is -2.11. The third kappa shape index (κ3) is 4.54. The monoisotopic (exact) mass is 469 g/mol. The van der Waals surface area contributed by atoms with E-state index >= 15 is 0 Å². The fraction of sp³-hybridized carbons (Fsp3) is 0.227. The van der Waals surface area contributed by atoms with Crippen LogP contribution in [0.1, 0.15) is 28.1 Å². The summed E-state index contributed by atoms with van der Waals surface area (Å²) >= 11 is 0. The minimum atomic E-state index is -4.51. The molecule has 174 valence electrons. The number of amides is 1. The summed E-state index contributed by atoms with van der Waals surface area (Å²) in [4.78, 5) is 13.7. The van der Waals surface area contributed by atoms with Crippen LogP contribution in [-0.4, -0.2) is 30.7 Å². The molecule has 4 rings (SSSR count). The van der Waals surface area contributed by atoms with Crippen molar-refractivity contribution < 1.29 is 22.4 Å². The zero-order chi connectivity index (χ0) is 24.5. The zero-order valence-corrected chi connectivity index (χ0v) is 18.1. The lowest BCUT2D eigenvalue weighted by molar-refractivity contribution is -0.137. The normalized spacial score (nSPS) is 11.4. The number of carbonyl (C=O) groups excluding carboxylic acids is 1. The molecular weight excluding hydrogens is 451 g/mol. The van der Waals surface area contributed by atoms with E-state index in [1.807, 2.05) is 6.92 Å². The van der Waals surface area contributed by atoms with Gasteiger partial charge < -0.3 is 14.3 Å². The molecule has 1 aromatic carbocycles. The van der Waals surface area contributed by atoms with Gasteiger partial charge >= 0.3 is 6.18 Å². The van der Waals surface area contributed by atoms with Crippen LogP contribution in [0.25, 0.3) is 11.4 Å². The molecule has 3 aromatic heterocycles. The molecule has 3 heterocycles. The highest BCUT2D eigenvalue weighted by Gasteiger charge is 2.30. The van der Waals surface area contributed by atoms with Gasteiger partial charge in [-0.1, -0.05) is 12.1 Å². The van der Waals surface area contributed by atoms with Crippen molar-refractivity contribution in [2.24, 2.45) is 0 Å². The Kier molecular flexibility index (Phi) is 5.93. The van der Waals surface area contributed by atoms with Crippen molar-refractivity contribution in [3.63, 3.8) is 0 Å². The predicted molar refractivity (Wildman–Crippen MR) is 113 cm³/mol. The molecule has 0 aliphatic carbocycles. The minimum Gasteiger partial charge on any atom is -0.467 e. The molecule has 0 aliphatic heterocycles. The van der Waals surface area contributed by atoms with Gasteiger partial charge in [0, 0.05) is 11.3 Å². The van der Waals surface area contributed by atoms with Crippen molar-refractivity contribution in [1.29, 1.82) is 5.26 Å². The highest BCUT2D eigenvalue weighted by Crippen LogP contribution is 2.31. The third-order valence-electron chi connectivity index (χ3n) is 5.28. The van der Waals surface area contributed by atoms with Crippen LogP contribution in [0.4, 0.5) is 19.0 Å². The number of aromatic nitrogens is 5. The average molecular weight is 469 g/mol. The first-order chi connectivity index (χ1) is 16.2. The van der Waals surface area contributed by atoms with E-state index < -0.39 is 17.6 Å². The van der Waals surface area contributed by atoms with Gasteiger partial charge in [-0.3, -0.25) is 4.79 Å². The second-order valence-electron chi connectivity index (χ2n) is 7.48. The van der Waals surface area contributed by atoms with Crippen LogP contribution in [0.3, 0.4) is 0 Å². The van der Waals surface area contributed by atoms with E-state index in [-0.39, 0.29) is 17.9 Å². The van der Waals surface area contributed by atoms with E-state index in [9.17, 15) is 23.2 Å². The first-order valence-electron chi connectivity index (χ1n) is 10.0. The van der Waals surface area contributed by atoms with Gasteiger partial charge in [0.1, 0.15) is 24.2 Å². The van der Waals surface area contributed by atoms with Gasteiger partial charge in [0.15, 0.2) is 0 Å². The topological polar surface area (TPSA) is 115 Å². The summed E-state index contributed by atoms with van der Waals surface area (Å²) in [7, 11) is 0. The number of alkyl halides is 3. The number of anilines is 1. The first kappa shape index (κ1) is 22.8. The molecule has 4 aromatic rings. The van der Waals surface area contributed by atoms with Crippen molar-refractivity contribution in [3.8, 4) is 17.5 Å². The van der Waals surface area contributed by atoms with Crippen LogP contribution in [0.2, 0.25) is 0 Å². The SMILES string of the molecule is Cc1c(C#N)c(NC(=O)Cn2nnc(-c3cccc(C(F)(F)F)c3)n2)n(Cc2ccco2)c1C. The Labute approximate surface area is 191 Å². The number of halogens is 3. The van der Waals surface area contributed by atoms with Gasteiger partial charge in [0.25, 0.3) is 0 Å². The van der Waals surface area contributed by atoms with Crippen molar-refractivity contribution in [2.45, 2.75) is 33.1 Å². The number of hydrogen-bond donors (Lipinski definition) is 1. The van der Waals surface area contributed by atoms with Crippen molar-refractivity contribution in [2.75, 3.05) is 5.32 Å². The lowest BCUT2D eigenvalue weighted by Crippen LogP contribution is -2.23. The van der Waals surface area contributed by atoms with Crippen LogP contribution < -0.4 is 5.32 Å². The molecule has 0 aliphatic rings. The summed E-state index contributed by atoms with van der Waals surface area (Å²) in [5.41, 5.74) is 1.09. The molecule has 0 saturated carbocycles. The highest BCUT2D eigenvalue weighted by atomic mass is 19.4. The van der Waals surface area contributed by atoms with E-state index in [4.69, 9.17) is 4.42 Å². The summed E-state index contributed by atoms with van der Waals surface area (Å²) in [6.07, 6.45) is -2.98. The Balaban J connectivity index is 1.54. The molecule has 0 unspecified atom stereocenters. The minimum absolute atomic E-state index is 0.0514. The van der Waals surface area contributed by atoms with E-state index in [0.717, 1.165) is 28.2 Å². The fourth-order valence-electron chi connectivity index (χ4n) is 3.45. The van der Waals surface area contributed by atoms with Gasteiger partial charge in [-0.2, -0.15) is 23.2 Å². The number of carbonyl (C=O) groups is 1. The third-order valence-corrected chi connectivity index (χ3v) is 5.28. The maximum absolute atomic E-state index is 13.0. The lowest BCUT2D eigenvalue weighted by atomic mass is 10.1. The molecule has 0 atom stereocenters. The van der Waals surface area contributed by atoms with Crippen LogP contribution in [0.5, 0.6) is 0 Å². The Bertz CT molecular complexity index is 1380. The molecule has 12 heteroatoms. The van der Waals surface area contributed by atoms with Crippen LogP contribution in [0.15, 0.2) is 47.1 Å². The van der Waals surface area contributed by atoms with Crippen molar-refractivity contribution in [1.82, 2.24) is 24.8 Å². The summed E-state index contributed by atoms with van der Waals surface area (Å²) in [5.74, 6) is 0.353. The number of nitrogens with one attached hydrogen (secondary N) is 1. The van der Waals surface area contributed by atoms with Crippen molar-refractivity contribution >= 4 is 11.7 Å². The van der Waals surface area contributed by atoms with Gasteiger partial charge in [0.05, 0.1) is 23.9 Å². The second-order valence-corrected chi connectivity index (χ2v) is 7.48. The standard InChI is InChI=1S/C22H18F3N7O2/c1-13-14(2)31(11-17-7-4-8-34-17)21(18(13)10-26)27-19(33)12-32-29-20(28-30-32)15-5-3-6-16(9-15)22(23,24)25/h3-9H,11-12H2,1-2H3,(H,27,33). The number of benzene rings is 1. The van der Waals surface area contributed by atoms with Crippen LogP contribution in [-0.2, 0) is 24.1 Å².